The Balaban J connectivity index is 1.95. The molecule has 11 heavy (non-hydrogen) atoms. The van der Waals surface area contributed by atoms with Gasteiger partial charge in [0.25, 0.3) is 0 Å². The summed E-state index contributed by atoms with van der Waals surface area (Å²) in [5, 5.41) is 0. The maximum absolute atomic E-state index is 4.07. The van der Waals surface area contributed by atoms with E-state index >= 15 is 0 Å². The molecule has 1 aromatic rings. The first-order valence-corrected chi connectivity index (χ1v) is 4.06. The van der Waals surface area contributed by atoms with E-state index in [-0.39, 0.29) is 0 Å². The standard InChI is InChI=1S/C9H12N2/c1-3-9(7-10-4-1)8-11-5-2-6-11/h1,3-4,7H,2,5-6,8H2. The van der Waals surface area contributed by atoms with Gasteiger partial charge in [-0.05, 0) is 31.1 Å². The second-order valence-corrected chi connectivity index (χ2v) is 2.99. The van der Waals surface area contributed by atoms with Crippen molar-refractivity contribution in [2.75, 3.05) is 13.1 Å². The van der Waals surface area contributed by atoms with E-state index in [0.717, 1.165) is 6.54 Å². The maximum Gasteiger partial charge on any atom is 0.0312 e. The Bertz CT molecular complexity index is 216. The molecule has 58 valence electrons. The molecule has 0 radical (unpaired) electrons. The third-order valence-corrected chi connectivity index (χ3v) is 2.08. The van der Waals surface area contributed by atoms with Crippen LogP contribution in [0.5, 0.6) is 0 Å². The molecule has 2 heteroatoms. The van der Waals surface area contributed by atoms with Crippen LogP contribution in [-0.2, 0) is 6.54 Å². The molecule has 0 atom stereocenters. The Kier molecular flexibility index (Phi) is 1.86. The zero-order chi connectivity index (χ0) is 7.52. The van der Waals surface area contributed by atoms with Gasteiger partial charge in [0.05, 0.1) is 0 Å². The number of rotatable bonds is 2. The summed E-state index contributed by atoms with van der Waals surface area (Å²) in [6.07, 6.45) is 5.12. The van der Waals surface area contributed by atoms with Crippen molar-refractivity contribution in [3.8, 4) is 0 Å². The topological polar surface area (TPSA) is 16.1 Å². The van der Waals surface area contributed by atoms with Crippen LogP contribution in [0.4, 0.5) is 0 Å². The minimum absolute atomic E-state index is 1.08. The second kappa shape index (κ2) is 3.01. The number of likely N-dealkylation sites (tertiary alicyclic amines) is 1. The van der Waals surface area contributed by atoms with E-state index in [9.17, 15) is 0 Å². The van der Waals surface area contributed by atoms with Gasteiger partial charge < -0.3 is 0 Å². The van der Waals surface area contributed by atoms with E-state index in [4.69, 9.17) is 0 Å². The number of hydrogen-bond donors (Lipinski definition) is 0. The lowest BCUT2D eigenvalue weighted by Gasteiger charge is -2.30. The van der Waals surface area contributed by atoms with E-state index in [0.29, 0.717) is 0 Å². The predicted octanol–water partition coefficient (Wildman–Crippen LogP) is 1.29. The average Bonchev–Trinajstić information content (AvgIpc) is 1.99. The third kappa shape index (κ3) is 1.57. The fourth-order valence-corrected chi connectivity index (χ4v) is 1.29. The van der Waals surface area contributed by atoms with Crippen molar-refractivity contribution in [1.82, 2.24) is 9.88 Å². The van der Waals surface area contributed by atoms with Crippen LogP contribution in [0.25, 0.3) is 0 Å². The van der Waals surface area contributed by atoms with Crippen LogP contribution in [0.15, 0.2) is 24.5 Å². The highest BCUT2D eigenvalue weighted by Gasteiger charge is 2.12. The lowest BCUT2D eigenvalue weighted by Crippen LogP contribution is -2.36. The first kappa shape index (κ1) is 6.80. The maximum atomic E-state index is 4.07. The normalized spacial score (nSPS) is 17.8. The van der Waals surface area contributed by atoms with Crippen molar-refractivity contribution in [3.63, 3.8) is 0 Å². The molecule has 2 heterocycles. The highest BCUT2D eigenvalue weighted by Crippen LogP contribution is 2.10. The van der Waals surface area contributed by atoms with E-state index < -0.39 is 0 Å². The van der Waals surface area contributed by atoms with Crippen LogP contribution < -0.4 is 0 Å². The van der Waals surface area contributed by atoms with E-state index in [2.05, 4.69) is 16.0 Å². The van der Waals surface area contributed by atoms with Gasteiger partial charge in [0.2, 0.25) is 0 Å². The molecule has 0 bridgehead atoms. The van der Waals surface area contributed by atoms with Gasteiger partial charge in [-0.25, -0.2) is 0 Å². The first-order valence-electron chi connectivity index (χ1n) is 4.06. The second-order valence-electron chi connectivity index (χ2n) is 2.99. The van der Waals surface area contributed by atoms with E-state index in [1.165, 1.54) is 25.1 Å². The lowest BCUT2D eigenvalue weighted by molar-refractivity contribution is 0.172. The molecule has 0 aromatic carbocycles. The van der Waals surface area contributed by atoms with Gasteiger partial charge >= 0.3 is 0 Å². The molecule has 1 aliphatic heterocycles. The molecule has 0 saturated carbocycles. The van der Waals surface area contributed by atoms with Crippen LogP contribution >= 0.6 is 0 Å². The zero-order valence-electron chi connectivity index (χ0n) is 6.53. The van der Waals surface area contributed by atoms with Crippen molar-refractivity contribution in [1.29, 1.82) is 0 Å². The fraction of sp³-hybridized carbons (Fsp3) is 0.444. The number of hydrogen-bond acceptors (Lipinski definition) is 2. The quantitative estimate of drug-likeness (QED) is 0.628. The van der Waals surface area contributed by atoms with Gasteiger partial charge in [-0.1, -0.05) is 6.07 Å². The summed E-state index contributed by atoms with van der Waals surface area (Å²) in [5.74, 6) is 0. The molecule has 0 unspecified atom stereocenters. The number of nitrogens with zero attached hydrogens (tertiary/aromatic N) is 2. The molecule has 0 amide bonds. The Morgan fingerprint density at radius 1 is 1.45 bits per heavy atom. The molecular weight excluding hydrogens is 136 g/mol. The molecule has 1 saturated heterocycles. The summed E-state index contributed by atoms with van der Waals surface area (Å²) in [4.78, 5) is 6.50. The predicted molar refractivity (Wildman–Crippen MR) is 44.1 cm³/mol. The van der Waals surface area contributed by atoms with Gasteiger partial charge in [0.15, 0.2) is 0 Å². The van der Waals surface area contributed by atoms with Gasteiger partial charge in [0.1, 0.15) is 0 Å². The van der Waals surface area contributed by atoms with E-state index in [1.807, 2.05) is 18.5 Å². The first-order chi connectivity index (χ1) is 5.45. The summed E-state index contributed by atoms with van der Waals surface area (Å²) in [5.41, 5.74) is 1.33. The van der Waals surface area contributed by atoms with Gasteiger partial charge in [-0.15, -0.1) is 0 Å². The van der Waals surface area contributed by atoms with Crippen molar-refractivity contribution in [2.45, 2.75) is 13.0 Å². The van der Waals surface area contributed by atoms with Crippen molar-refractivity contribution >= 4 is 0 Å². The Morgan fingerprint density at radius 2 is 2.36 bits per heavy atom. The minimum atomic E-state index is 1.08. The smallest absolute Gasteiger partial charge is 0.0312 e. The number of pyridine rings is 1. The van der Waals surface area contributed by atoms with Crippen molar-refractivity contribution in [2.24, 2.45) is 0 Å². The van der Waals surface area contributed by atoms with Gasteiger partial charge in [0, 0.05) is 18.9 Å². The largest absolute Gasteiger partial charge is 0.299 e. The molecule has 2 nitrogen and oxygen atoms in total. The molecule has 1 aliphatic rings. The molecular formula is C9H12N2. The Labute approximate surface area is 66.9 Å². The Morgan fingerprint density at radius 3 is 2.91 bits per heavy atom. The van der Waals surface area contributed by atoms with Crippen LogP contribution in [0, 0.1) is 0 Å². The summed E-state index contributed by atoms with van der Waals surface area (Å²) in [7, 11) is 0. The molecule has 0 aliphatic carbocycles. The molecule has 0 N–H and O–H groups in total. The van der Waals surface area contributed by atoms with Crippen molar-refractivity contribution in [3.05, 3.63) is 30.1 Å². The van der Waals surface area contributed by atoms with Crippen LogP contribution in [0.2, 0.25) is 0 Å². The Hall–Kier alpha value is -0.890. The summed E-state index contributed by atoms with van der Waals surface area (Å²) in [6.45, 7) is 3.59. The average molecular weight is 148 g/mol. The summed E-state index contributed by atoms with van der Waals surface area (Å²) >= 11 is 0. The SMILES string of the molecule is c1cncc(CN2CCC2)c1. The summed E-state index contributed by atoms with van der Waals surface area (Å²) < 4.78 is 0. The van der Waals surface area contributed by atoms with E-state index in [1.54, 1.807) is 0 Å². The molecule has 1 aromatic heterocycles. The molecule has 2 rings (SSSR count). The van der Waals surface area contributed by atoms with Crippen LogP contribution in [-0.4, -0.2) is 23.0 Å². The zero-order valence-corrected chi connectivity index (χ0v) is 6.53. The highest BCUT2D eigenvalue weighted by molar-refractivity contribution is 5.08. The summed E-state index contributed by atoms with van der Waals surface area (Å²) in [6, 6.07) is 4.13. The fourth-order valence-electron chi connectivity index (χ4n) is 1.29. The van der Waals surface area contributed by atoms with Crippen LogP contribution in [0.3, 0.4) is 0 Å². The van der Waals surface area contributed by atoms with Gasteiger partial charge in [-0.3, -0.25) is 9.88 Å². The monoisotopic (exact) mass is 148 g/mol. The number of aromatic nitrogens is 1. The molecule has 0 spiro atoms. The molecule has 1 fully saturated rings. The third-order valence-electron chi connectivity index (χ3n) is 2.08. The lowest BCUT2D eigenvalue weighted by atomic mass is 10.2. The van der Waals surface area contributed by atoms with Crippen LogP contribution in [0.1, 0.15) is 12.0 Å². The highest BCUT2D eigenvalue weighted by atomic mass is 15.2. The minimum Gasteiger partial charge on any atom is -0.299 e. The van der Waals surface area contributed by atoms with Gasteiger partial charge in [-0.2, -0.15) is 0 Å². The van der Waals surface area contributed by atoms with Crippen molar-refractivity contribution < 1.29 is 0 Å².